The second-order valence-electron chi connectivity index (χ2n) is 14.5. The fraction of sp³-hybridized carbons (Fsp3) is 0.857. The highest BCUT2D eigenvalue weighted by molar-refractivity contribution is 6.75. The largest absolute Gasteiger partial charge is 0.417 e. The summed E-state index contributed by atoms with van der Waals surface area (Å²) in [5.41, 5.74) is 0. The molecule has 200 valence electrons. The minimum atomic E-state index is -2.03. The lowest BCUT2D eigenvalue weighted by atomic mass is 9.91. The van der Waals surface area contributed by atoms with Gasteiger partial charge < -0.3 is 13.3 Å². The maximum absolute atomic E-state index is 6.98. The second kappa shape index (κ2) is 11.9. The van der Waals surface area contributed by atoms with Crippen molar-refractivity contribution in [1.82, 2.24) is 0 Å². The van der Waals surface area contributed by atoms with Crippen molar-refractivity contribution in [2.45, 2.75) is 142 Å². The van der Waals surface area contributed by atoms with Gasteiger partial charge in [0.05, 0.1) is 12.2 Å². The van der Waals surface area contributed by atoms with Crippen LogP contribution in [0.25, 0.3) is 0 Å². The molecule has 0 bridgehead atoms. The monoisotopic (exact) mass is 526 g/mol. The predicted octanol–water partition coefficient (Wildman–Crippen LogP) is 9.00. The summed E-state index contributed by atoms with van der Waals surface area (Å²) in [6.07, 6.45) is 9.09. The van der Waals surface area contributed by atoms with Crippen LogP contribution in [-0.4, -0.2) is 43.8 Å². The van der Waals surface area contributed by atoms with Gasteiger partial charge in [-0.05, 0) is 60.8 Å². The van der Waals surface area contributed by atoms with Crippen molar-refractivity contribution in [3.05, 3.63) is 12.7 Å². The minimum absolute atomic E-state index is 0.0818. The number of rotatable bonds is 12. The van der Waals surface area contributed by atoms with Gasteiger partial charge in [0.25, 0.3) is 0 Å². The predicted molar refractivity (Wildman–Crippen MR) is 159 cm³/mol. The summed E-state index contributed by atoms with van der Waals surface area (Å²) < 4.78 is 20.5. The van der Waals surface area contributed by atoms with E-state index in [0.29, 0.717) is 13.0 Å². The van der Waals surface area contributed by atoms with E-state index in [1.54, 1.807) is 0 Å². The first-order valence-electron chi connectivity index (χ1n) is 13.0. The third-order valence-electron chi connectivity index (χ3n) is 8.66. The average molecular weight is 527 g/mol. The highest BCUT2D eigenvalue weighted by Crippen LogP contribution is 2.42. The lowest BCUT2D eigenvalue weighted by molar-refractivity contribution is 0.0368. The Kier molecular flexibility index (Phi) is 11.9. The summed E-state index contributed by atoms with van der Waals surface area (Å²) in [5.74, 6) is 3.01. The normalized spacial score (nSPS) is 17.1. The quantitative estimate of drug-likeness (QED) is 0.144. The van der Waals surface area contributed by atoms with Crippen molar-refractivity contribution < 1.29 is 13.3 Å². The van der Waals surface area contributed by atoms with Crippen LogP contribution in [-0.2, 0) is 13.3 Å². The topological polar surface area (TPSA) is 27.7 Å². The van der Waals surface area contributed by atoms with Crippen LogP contribution in [0.5, 0.6) is 0 Å². The lowest BCUT2D eigenvalue weighted by Gasteiger charge is -2.45. The van der Waals surface area contributed by atoms with E-state index in [9.17, 15) is 0 Å². The molecule has 3 nitrogen and oxygen atoms in total. The maximum atomic E-state index is 6.98. The van der Waals surface area contributed by atoms with Gasteiger partial charge in [-0.15, -0.1) is 18.9 Å². The molecule has 0 aromatic carbocycles. The Morgan fingerprint density at radius 3 is 1.53 bits per heavy atom. The van der Waals surface area contributed by atoms with Gasteiger partial charge in [-0.1, -0.05) is 68.4 Å². The van der Waals surface area contributed by atoms with Crippen LogP contribution < -0.4 is 0 Å². The third-order valence-corrected chi connectivity index (χ3v) is 22.2. The molecule has 0 aliphatic heterocycles. The molecule has 34 heavy (non-hydrogen) atoms. The molecule has 0 radical (unpaired) electrons. The molecule has 6 heteroatoms. The summed E-state index contributed by atoms with van der Waals surface area (Å²) in [6.45, 7) is 39.2. The van der Waals surface area contributed by atoms with Crippen molar-refractivity contribution in [2.75, 3.05) is 6.61 Å². The molecule has 0 aliphatic carbocycles. The highest BCUT2D eigenvalue weighted by atomic mass is 28.4. The molecule has 0 saturated carbocycles. The third kappa shape index (κ3) is 9.37. The molecule has 0 unspecified atom stereocenters. The molecule has 0 aromatic rings. The van der Waals surface area contributed by atoms with Gasteiger partial charge in [0, 0.05) is 18.9 Å². The Bertz CT molecular complexity index is 686. The van der Waals surface area contributed by atoms with Crippen molar-refractivity contribution in [3.8, 4) is 12.3 Å². The van der Waals surface area contributed by atoms with Crippen LogP contribution in [0.1, 0.15) is 75.2 Å². The Balaban J connectivity index is 6.19. The van der Waals surface area contributed by atoms with Crippen molar-refractivity contribution in [2.24, 2.45) is 5.92 Å². The Morgan fingerprint density at radius 1 is 0.765 bits per heavy atom. The average Bonchev–Trinajstić information content (AvgIpc) is 2.60. The zero-order valence-corrected chi connectivity index (χ0v) is 28.4. The van der Waals surface area contributed by atoms with Crippen LogP contribution in [0.2, 0.25) is 54.4 Å². The smallest absolute Gasteiger partial charge is 0.192 e. The summed E-state index contributed by atoms with van der Waals surface area (Å²) in [5, 5.41) is 0.387. The molecular weight excluding hydrogens is 469 g/mol. The van der Waals surface area contributed by atoms with E-state index in [4.69, 9.17) is 19.7 Å². The SMILES string of the molecule is C#CC[C@@H](O[Si](C)(C)C(C)(C)C)[C@@H](CCO[Si](C)(C)C(C)(C)C)[C@H](C=C)O[Si](C)(C)C(C)(C)C. The van der Waals surface area contributed by atoms with Crippen molar-refractivity contribution >= 4 is 25.0 Å². The Hall–Kier alpha value is -0.169. The molecule has 0 spiro atoms. The van der Waals surface area contributed by atoms with Gasteiger partial charge >= 0.3 is 0 Å². The fourth-order valence-corrected chi connectivity index (χ4v) is 6.74. The van der Waals surface area contributed by atoms with E-state index in [1.165, 1.54) is 0 Å². The first-order chi connectivity index (χ1) is 14.9. The van der Waals surface area contributed by atoms with E-state index in [0.717, 1.165) is 6.42 Å². The molecule has 0 rings (SSSR count). The summed E-state index contributed by atoms with van der Waals surface area (Å²) in [6, 6.07) is 0. The van der Waals surface area contributed by atoms with Crippen LogP contribution >= 0.6 is 0 Å². The van der Waals surface area contributed by atoms with Crippen LogP contribution in [0.3, 0.4) is 0 Å². The van der Waals surface area contributed by atoms with Gasteiger partial charge in [0.15, 0.2) is 25.0 Å². The molecule has 0 amide bonds. The van der Waals surface area contributed by atoms with Crippen molar-refractivity contribution in [1.29, 1.82) is 0 Å². The van der Waals surface area contributed by atoms with E-state index >= 15 is 0 Å². The van der Waals surface area contributed by atoms with E-state index in [2.05, 4.69) is 114 Å². The van der Waals surface area contributed by atoms with Gasteiger partial charge in [0.2, 0.25) is 0 Å². The van der Waals surface area contributed by atoms with Crippen LogP contribution in [0, 0.1) is 18.3 Å². The first kappa shape index (κ1) is 33.8. The van der Waals surface area contributed by atoms with Crippen molar-refractivity contribution in [3.63, 3.8) is 0 Å². The molecule has 0 saturated heterocycles. The zero-order chi connectivity index (χ0) is 27.4. The van der Waals surface area contributed by atoms with Gasteiger partial charge in [-0.3, -0.25) is 0 Å². The molecule has 0 N–H and O–H groups in total. The molecule has 3 atom stereocenters. The number of hydrogen-bond donors (Lipinski definition) is 0. The maximum Gasteiger partial charge on any atom is 0.192 e. The molecule has 0 aliphatic rings. The second-order valence-corrected chi connectivity index (χ2v) is 28.8. The first-order valence-corrected chi connectivity index (χ1v) is 21.7. The minimum Gasteiger partial charge on any atom is -0.417 e. The van der Waals surface area contributed by atoms with E-state index in [-0.39, 0.29) is 33.2 Å². The summed E-state index contributed by atoms with van der Waals surface area (Å²) >= 11 is 0. The summed E-state index contributed by atoms with van der Waals surface area (Å²) in [7, 11) is -5.91. The van der Waals surface area contributed by atoms with Gasteiger partial charge in [-0.2, -0.15) is 0 Å². The number of terminal acetylenes is 1. The van der Waals surface area contributed by atoms with E-state index in [1.807, 2.05) is 6.08 Å². The molecule has 0 aromatic heterocycles. The Labute approximate surface area is 217 Å². The lowest BCUT2D eigenvalue weighted by Crippen LogP contribution is -2.51. The molecule has 0 fully saturated rings. The highest BCUT2D eigenvalue weighted by Gasteiger charge is 2.45. The van der Waals surface area contributed by atoms with Crippen LogP contribution in [0.4, 0.5) is 0 Å². The molecule has 0 heterocycles. The van der Waals surface area contributed by atoms with E-state index < -0.39 is 25.0 Å². The van der Waals surface area contributed by atoms with Gasteiger partial charge in [-0.25, -0.2) is 0 Å². The standard InChI is InChI=1S/C28H58O3Si3/c1-18-20-25(31-34(16,17)28(9,10)11)23(21-22-29-32(12,13)26(3,4)5)24(19-2)30-33(14,15)27(6,7)8/h1,19,23-25H,2,20-22H2,3-17H3/t23-,24-,25+/m0/s1. The number of hydrogen-bond acceptors (Lipinski definition) is 3. The molecular formula is C28H58O3Si3. The summed E-state index contributed by atoms with van der Waals surface area (Å²) in [4.78, 5) is 0. The Morgan fingerprint density at radius 2 is 1.18 bits per heavy atom. The zero-order valence-electron chi connectivity index (χ0n) is 25.4. The van der Waals surface area contributed by atoms with Crippen LogP contribution in [0.15, 0.2) is 12.7 Å². The fourth-order valence-electron chi connectivity index (χ4n) is 3.01. The van der Waals surface area contributed by atoms with Gasteiger partial charge in [0.1, 0.15) is 0 Å².